The van der Waals surface area contributed by atoms with Gasteiger partial charge in [-0.15, -0.1) is 11.3 Å². The Balaban J connectivity index is 1.74. The van der Waals surface area contributed by atoms with Gasteiger partial charge in [-0.05, 0) is 34.6 Å². The molecule has 0 saturated carbocycles. The quantitative estimate of drug-likeness (QED) is 0.642. The number of amides is 1. The lowest BCUT2D eigenvalue weighted by atomic mass is 9.87. The summed E-state index contributed by atoms with van der Waals surface area (Å²) in [6, 6.07) is 7.94. The SMILES string of the molecule is COc1ccc(C(C)(C)C)cc1NC(=O)Cc1csc(-c2ccsc2)n1. The standard InChI is InChI=1S/C20H22N2O2S2/c1-20(2,3)14-5-6-17(24-4)16(9-14)22-18(23)10-15-12-26-19(21-15)13-7-8-25-11-13/h5-9,11-12H,10H2,1-4H3,(H,22,23). The van der Waals surface area contributed by atoms with Gasteiger partial charge in [-0.1, -0.05) is 26.8 Å². The number of methoxy groups -OCH3 is 1. The molecular weight excluding hydrogens is 364 g/mol. The minimum absolute atomic E-state index is 0.00387. The summed E-state index contributed by atoms with van der Waals surface area (Å²) in [5, 5.41) is 9.94. The van der Waals surface area contributed by atoms with Crippen molar-refractivity contribution in [2.45, 2.75) is 32.6 Å². The molecule has 0 spiro atoms. The normalized spacial score (nSPS) is 11.4. The van der Waals surface area contributed by atoms with Crippen LogP contribution in [0.25, 0.3) is 10.6 Å². The lowest BCUT2D eigenvalue weighted by Gasteiger charge is -2.21. The molecule has 0 fully saturated rings. The van der Waals surface area contributed by atoms with Crippen LogP contribution in [0, 0.1) is 0 Å². The summed E-state index contributed by atoms with van der Waals surface area (Å²) in [6.45, 7) is 6.42. The fourth-order valence-corrected chi connectivity index (χ4v) is 4.07. The predicted octanol–water partition coefficient (Wildman–Crippen LogP) is 5.36. The lowest BCUT2D eigenvalue weighted by molar-refractivity contribution is -0.115. The number of nitrogens with one attached hydrogen (secondary N) is 1. The number of thiophene rings is 1. The minimum Gasteiger partial charge on any atom is -0.495 e. The van der Waals surface area contributed by atoms with E-state index in [-0.39, 0.29) is 17.7 Å². The first kappa shape index (κ1) is 18.6. The molecule has 26 heavy (non-hydrogen) atoms. The molecule has 0 atom stereocenters. The molecular formula is C20H22N2O2S2. The molecule has 0 radical (unpaired) electrons. The van der Waals surface area contributed by atoms with Crippen molar-refractivity contribution in [2.24, 2.45) is 0 Å². The number of hydrogen-bond acceptors (Lipinski definition) is 5. The number of carbonyl (C=O) groups is 1. The third kappa shape index (κ3) is 4.31. The van der Waals surface area contributed by atoms with Crippen molar-refractivity contribution in [1.82, 2.24) is 4.98 Å². The van der Waals surface area contributed by atoms with Crippen LogP contribution in [0.15, 0.2) is 40.4 Å². The number of carbonyl (C=O) groups excluding carboxylic acids is 1. The molecule has 3 aromatic rings. The van der Waals surface area contributed by atoms with Gasteiger partial charge in [-0.3, -0.25) is 4.79 Å². The Hall–Kier alpha value is -2.18. The van der Waals surface area contributed by atoms with E-state index in [1.807, 2.05) is 35.0 Å². The van der Waals surface area contributed by atoms with Crippen molar-refractivity contribution < 1.29 is 9.53 Å². The highest BCUT2D eigenvalue weighted by Crippen LogP contribution is 2.31. The van der Waals surface area contributed by atoms with Crippen molar-refractivity contribution in [3.8, 4) is 16.3 Å². The van der Waals surface area contributed by atoms with Crippen molar-refractivity contribution in [3.63, 3.8) is 0 Å². The van der Waals surface area contributed by atoms with Crippen LogP contribution in [0.4, 0.5) is 5.69 Å². The molecule has 0 bridgehead atoms. The number of rotatable bonds is 5. The lowest BCUT2D eigenvalue weighted by Crippen LogP contribution is -2.17. The number of ether oxygens (including phenoxy) is 1. The van der Waals surface area contributed by atoms with Crippen LogP contribution in [-0.4, -0.2) is 18.0 Å². The molecule has 3 rings (SSSR count). The maximum Gasteiger partial charge on any atom is 0.230 e. The third-order valence-electron chi connectivity index (χ3n) is 4.00. The van der Waals surface area contributed by atoms with Gasteiger partial charge in [0.05, 0.1) is 24.9 Å². The van der Waals surface area contributed by atoms with E-state index in [4.69, 9.17) is 4.74 Å². The zero-order valence-electron chi connectivity index (χ0n) is 15.3. The number of hydrogen-bond donors (Lipinski definition) is 1. The maximum absolute atomic E-state index is 12.5. The number of thiazole rings is 1. The van der Waals surface area contributed by atoms with Gasteiger partial charge >= 0.3 is 0 Å². The van der Waals surface area contributed by atoms with Crippen LogP contribution >= 0.6 is 22.7 Å². The smallest absolute Gasteiger partial charge is 0.230 e. The Morgan fingerprint density at radius 1 is 1.23 bits per heavy atom. The highest BCUT2D eigenvalue weighted by atomic mass is 32.1. The van der Waals surface area contributed by atoms with E-state index in [0.29, 0.717) is 11.4 Å². The molecule has 0 aliphatic heterocycles. The summed E-state index contributed by atoms with van der Waals surface area (Å²) in [6.07, 6.45) is 0.240. The Bertz CT molecular complexity index is 893. The second-order valence-electron chi connectivity index (χ2n) is 7.05. The van der Waals surface area contributed by atoms with Crippen molar-refractivity contribution in [3.05, 3.63) is 51.7 Å². The van der Waals surface area contributed by atoms with Crippen LogP contribution in [0.1, 0.15) is 32.0 Å². The van der Waals surface area contributed by atoms with Crippen LogP contribution in [0.2, 0.25) is 0 Å². The van der Waals surface area contributed by atoms with Gasteiger partial charge < -0.3 is 10.1 Å². The summed E-state index contributed by atoms with van der Waals surface area (Å²) in [4.78, 5) is 17.1. The van der Waals surface area contributed by atoms with Gasteiger partial charge in [-0.25, -0.2) is 4.98 Å². The average Bonchev–Trinajstić information content (AvgIpc) is 3.25. The molecule has 136 valence electrons. The molecule has 2 aromatic heterocycles. The molecule has 0 aliphatic rings. The van der Waals surface area contributed by atoms with Crippen LogP contribution in [-0.2, 0) is 16.6 Å². The predicted molar refractivity (Wildman–Crippen MR) is 109 cm³/mol. The fourth-order valence-electron chi connectivity index (χ4n) is 2.54. The highest BCUT2D eigenvalue weighted by molar-refractivity contribution is 7.14. The van der Waals surface area contributed by atoms with Crippen molar-refractivity contribution in [2.75, 3.05) is 12.4 Å². The fraction of sp³-hybridized carbons (Fsp3) is 0.300. The average molecular weight is 387 g/mol. The Labute approximate surface area is 161 Å². The molecule has 0 unspecified atom stereocenters. The van der Waals surface area contributed by atoms with Gasteiger partial charge in [0.2, 0.25) is 5.91 Å². The largest absolute Gasteiger partial charge is 0.495 e. The Morgan fingerprint density at radius 2 is 2.04 bits per heavy atom. The summed E-state index contributed by atoms with van der Waals surface area (Å²) in [5.41, 5.74) is 3.71. The minimum atomic E-state index is -0.100. The van der Waals surface area contributed by atoms with E-state index >= 15 is 0 Å². The topological polar surface area (TPSA) is 51.2 Å². The second-order valence-corrected chi connectivity index (χ2v) is 8.68. The summed E-state index contributed by atoms with van der Waals surface area (Å²) in [7, 11) is 1.61. The Kier molecular flexibility index (Phi) is 5.44. The first-order valence-electron chi connectivity index (χ1n) is 8.32. The second kappa shape index (κ2) is 7.60. The summed E-state index contributed by atoms with van der Waals surface area (Å²) in [5.74, 6) is 0.556. The van der Waals surface area contributed by atoms with Crippen LogP contribution in [0.3, 0.4) is 0 Å². The van der Waals surface area contributed by atoms with Crippen LogP contribution in [0.5, 0.6) is 5.75 Å². The van der Waals surface area contributed by atoms with Gasteiger partial charge in [0.1, 0.15) is 10.8 Å². The van der Waals surface area contributed by atoms with Crippen molar-refractivity contribution in [1.29, 1.82) is 0 Å². The van der Waals surface area contributed by atoms with Gasteiger partial charge in [0, 0.05) is 16.3 Å². The molecule has 1 amide bonds. The van der Waals surface area contributed by atoms with Crippen LogP contribution < -0.4 is 10.1 Å². The molecule has 2 heterocycles. The van der Waals surface area contributed by atoms with Gasteiger partial charge in [0.25, 0.3) is 0 Å². The van der Waals surface area contributed by atoms with Gasteiger partial charge in [-0.2, -0.15) is 11.3 Å². The van der Waals surface area contributed by atoms with E-state index in [0.717, 1.165) is 21.8 Å². The molecule has 0 aliphatic carbocycles. The molecule has 4 nitrogen and oxygen atoms in total. The molecule has 1 aromatic carbocycles. The van der Waals surface area contributed by atoms with Crippen molar-refractivity contribution >= 4 is 34.3 Å². The van der Waals surface area contributed by atoms with E-state index in [1.54, 1.807) is 29.8 Å². The third-order valence-corrected chi connectivity index (χ3v) is 5.62. The summed E-state index contributed by atoms with van der Waals surface area (Å²) >= 11 is 3.20. The first-order valence-corrected chi connectivity index (χ1v) is 10.1. The number of anilines is 1. The molecule has 0 saturated heterocycles. The van der Waals surface area contributed by atoms with E-state index in [1.165, 1.54) is 0 Å². The maximum atomic E-state index is 12.5. The van der Waals surface area contributed by atoms with E-state index in [2.05, 4.69) is 36.5 Å². The highest BCUT2D eigenvalue weighted by Gasteiger charge is 2.17. The monoisotopic (exact) mass is 386 g/mol. The Morgan fingerprint density at radius 3 is 2.69 bits per heavy atom. The van der Waals surface area contributed by atoms with Gasteiger partial charge in [0.15, 0.2) is 0 Å². The number of benzene rings is 1. The molecule has 6 heteroatoms. The number of aromatic nitrogens is 1. The first-order chi connectivity index (χ1) is 12.4. The molecule has 1 N–H and O–H groups in total. The number of nitrogens with zero attached hydrogens (tertiary/aromatic N) is 1. The zero-order valence-corrected chi connectivity index (χ0v) is 17.0. The summed E-state index contributed by atoms with van der Waals surface area (Å²) < 4.78 is 5.39. The zero-order chi connectivity index (χ0) is 18.7. The van der Waals surface area contributed by atoms with E-state index in [9.17, 15) is 4.79 Å². The van der Waals surface area contributed by atoms with E-state index < -0.39 is 0 Å².